The molecule has 0 aromatic heterocycles. The third-order valence-electron chi connectivity index (χ3n) is 16.5. The predicted octanol–water partition coefficient (Wildman–Crippen LogP) is 9.71. The van der Waals surface area contributed by atoms with Crippen molar-refractivity contribution < 1.29 is 28.3 Å². The Hall–Kier alpha value is -5.61. The number of anilines is 3. The maximum Gasteiger partial charge on any atom is 0.255 e. The second kappa shape index (κ2) is 17.6. The van der Waals surface area contributed by atoms with E-state index in [0.717, 1.165) is 79.6 Å². The molecule has 5 fully saturated rings. The largest absolute Gasteiger partial charge is 0.494 e. The summed E-state index contributed by atoms with van der Waals surface area (Å²) in [6.07, 6.45) is 7.45. The van der Waals surface area contributed by atoms with Crippen molar-refractivity contribution in [2.75, 3.05) is 35.7 Å². The fraction of sp³-hybridized carbons (Fsp3) is 0.464. The molecule has 11 rings (SSSR count). The van der Waals surface area contributed by atoms with E-state index < -0.39 is 35.1 Å². The van der Waals surface area contributed by atoms with Gasteiger partial charge in [-0.05, 0) is 121 Å². The van der Waals surface area contributed by atoms with E-state index in [2.05, 4.69) is 70.9 Å². The number of halogens is 3. The van der Waals surface area contributed by atoms with E-state index in [1.54, 1.807) is 30.2 Å². The highest BCUT2D eigenvalue weighted by atomic mass is 35.5. The Bertz CT molecular complexity index is 2900. The number of hydrogen-bond donors (Lipinski definition) is 4. The summed E-state index contributed by atoms with van der Waals surface area (Å²) >= 11 is 13.0. The molecule has 2 spiro atoms. The quantitative estimate of drug-likeness (QED) is 0.101. The Labute approximate surface area is 418 Å². The van der Waals surface area contributed by atoms with Crippen LogP contribution < -0.4 is 30.9 Å². The average molecular weight is 986 g/mol. The molecule has 5 aliphatic heterocycles. The van der Waals surface area contributed by atoms with Gasteiger partial charge in [0.1, 0.15) is 17.6 Å². The monoisotopic (exact) mass is 984 g/mol. The van der Waals surface area contributed by atoms with Crippen molar-refractivity contribution in [3.8, 4) is 17.6 Å². The average Bonchev–Trinajstić information content (AvgIpc) is 3.74. The topological polar surface area (TPSA) is 132 Å². The van der Waals surface area contributed by atoms with Crippen molar-refractivity contribution in [1.29, 1.82) is 0 Å². The van der Waals surface area contributed by atoms with E-state index in [4.69, 9.17) is 27.9 Å². The Morgan fingerprint density at radius 3 is 2.57 bits per heavy atom. The predicted molar refractivity (Wildman–Crippen MR) is 270 cm³/mol. The summed E-state index contributed by atoms with van der Waals surface area (Å²) in [7, 11) is 1.62. The van der Waals surface area contributed by atoms with Gasteiger partial charge in [-0.2, -0.15) is 0 Å². The van der Waals surface area contributed by atoms with Crippen molar-refractivity contribution in [2.24, 2.45) is 17.3 Å². The van der Waals surface area contributed by atoms with Crippen molar-refractivity contribution in [1.82, 2.24) is 15.5 Å². The van der Waals surface area contributed by atoms with E-state index in [9.17, 15) is 19.2 Å². The number of carbonyl (C=O) groups is 4. The van der Waals surface area contributed by atoms with Gasteiger partial charge in [-0.15, -0.1) is 0 Å². The molecule has 2 aliphatic carbocycles. The van der Waals surface area contributed by atoms with E-state index in [1.165, 1.54) is 0 Å². The molecule has 11 nitrogen and oxygen atoms in total. The summed E-state index contributed by atoms with van der Waals surface area (Å²) < 4.78 is 22.4. The summed E-state index contributed by atoms with van der Waals surface area (Å²) in [5, 5.41) is 13.6. The van der Waals surface area contributed by atoms with Crippen LogP contribution in [0.1, 0.15) is 123 Å². The van der Waals surface area contributed by atoms with Gasteiger partial charge >= 0.3 is 0 Å². The van der Waals surface area contributed by atoms with E-state index >= 15 is 4.39 Å². The van der Waals surface area contributed by atoms with Crippen molar-refractivity contribution >= 4 is 63.9 Å². The number of hydrogen-bond acceptors (Lipinski definition) is 8. The van der Waals surface area contributed by atoms with E-state index in [0.29, 0.717) is 47.1 Å². The van der Waals surface area contributed by atoms with Crippen molar-refractivity contribution in [2.45, 2.75) is 126 Å². The summed E-state index contributed by atoms with van der Waals surface area (Å²) in [6, 6.07) is 21.1. The van der Waals surface area contributed by atoms with Gasteiger partial charge in [0.05, 0.1) is 23.9 Å². The number of imide groups is 1. The van der Waals surface area contributed by atoms with Gasteiger partial charge in [-0.1, -0.05) is 86.1 Å². The molecule has 4 amide bonds. The molecule has 14 heteroatoms. The molecule has 364 valence electrons. The van der Waals surface area contributed by atoms with E-state index in [-0.39, 0.29) is 63.9 Å². The molecular weight excluding hydrogens is 927 g/mol. The number of nitrogens with zero attached hydrogens (tertiary/aromatic N) is 2. The Morgan fingerprint density at radius 1 is 0.986 bits per heavy atom. The number of benzene rings is 4. The second-order valence-corrected chi connectivity index (χ2v) is 22.8. The maximum absolute atomic E-state index is 16.4. The molecule has 7 atom stereocenters. The fourth-order valence-electron chi connectivity index (χ4n) is 13.2. The standard InChI is InChI=1S/C56H59Cl2FN6O5/c1-54(2,3)28-46-56(30-60-43-24-33(57)15-17-40(43)56)48(37-11-8-12-41(58)49(37)59)50(62-46)52(68)61-42-18-16-34(25-45(42)70-4)65-22-6-5-21-55(65)26-31(27-55)13-14-32-23-38(32)35-9-7-10-36-39(35)29-64(53(36)69)44-19-20-47(66)63-51(44)67/h7-12,15-18,24-25,31-32,38,44,46,48,50,60,62H,5-6,19-23,26-30H2,1-4H3,(H,61,68)(H,63,66,67)/t31?,32-,38+,44?,46-,48-,50+,55?,56-/m0/s1. The first-order valence-corrected chi connectivity index (χ1v) is 25.6. The Kier molecular flexibility index (Phi) is 11.8. The number of rotatable bonds is 8. The first-order chi connectivity index (χ1) is 33.6. The van der Waals surface area contributed by atoms with Gasteiger partial charge in [0.15, 0.2) is 0 Å². The SMILES string of the molecule is COc1cc(N2CCCCC23CC(C#C[C@H]2C[C@H]2c2cccc4c2CN(C2CCC(=O)NC2=O)C4=O)C3)ccc1NC(=O)[C@@H]1N[C@@H](CC(C)(C)C)[C@@]2(CNc3cc(Cl)ccc32)[C@H]1c1cccc(Cl)c1F. The molecule has 1 unspecified atom stereocenters. The number of carbonyl (C=O) groups excluding carboxylic acids is 4. The maximum atomic E-state index is 16.4. The van der Waals surface area contributed by atoms with E-state index in [1.807, 2.05) is 42.5 Å². The summed E-state index contributed by atoms with van der Waals surface area (Å²) in [4.78, 5) is 57.0. The van der Waals surface area contributed by atoms with Crippen LogP contribution in [0.4, 0.5) is 21.5 Å². The summed E-state index contributed by atoms with van der Waals surface area (Å²) in [5.74, 6) is 6.28. The highest BCUT2D eigenvalue weighted by Gasteiger charge is 2.62. The van der Waals surface area contributed by atoms with Gasteiger partial charge in [-0.25, -0.2) is 4.39 Å². The molecule has 4 aromatic rings. The van der Waals surface area contributed by atoms with Crippen LogP contribution in [0.25, 0.3) is 0 Å². The zero-order chi connectivity index (χ0) is 48.9. The van der Waals surface area contributed by atoms with Gasteiger partial charge in [0.25, 0.3) is 5.91 Å². The lowest BCUT2D eigenvalue weighted by atomic mass is 9.63. The molecule has 70 heavy (non-hydrogen) atoms. The van der Waals surface area contributed by atoms with Crippen LogP contribution in [0.5, 0.6) is 5.75 Å². The number of piperidine rings is 2. The highest BCUT2D eigenvalue weighted by Crippen LogP contribution is 2.57. The molecule has 2 saturated carbocycles. The van der Waals surface area contributed by atoms with Crippen LogP contribution in [-0.4, -0.2) is 72.4 Å². The number of amides is 4. The fourth-order valence-corrected chi connectivity index (χ4v) is 13.5. The summed E-state index contributed by atoms with van der Waals surface area (Å²) in [5.41, 5.74) is 5.74. The molecule has 0 radical (unpaired) electrons. The number of fused-ring (bicyclic) bond motifs is 3. The molecule has 4 aromatic carbocycles. The summed E-state index contributed by atoms with van der Waals surface area (Å²) in [6.45, 7) is 8.30. The molecular formula is C56H59Cl2FN6O5. The minimum absolute atomic E-state index is 0.00998. The lowest BCUT2D eigenvalue weighted by molar-refractivity contribution is -0.137. The highest BCUT2D eigenvalue weighted by molar-refractivity contribution is 6.31. The number of ether oxygens (including phenoxy) is 1. The van der Waals surface area contributed by atoms with Gasteiger partial charge < -0.3 is 30.5 Å². The molecule has 4 N–H and O–H groups in total. The van der Waals surface area contributed by atoms with Crippen LogP contribution in [0, 0.1) is 34.9 Å². The minimum atomic E-state index is -0.828. The third-order valence-corrected chi connectivity index (χ3v) is 17.0. The lowest BCUT2D eigenvalue weighted by Gasteiger charge is -2.57. The van der Waals surface area contributed by atoms with Crippen molar-refractivity contribution in [3.63, 3.8) is 0 Å². The first kappa shape index (κ1) is 46.8. The first-order valence-electron chi connectivity index (χ1n) is 24.9. The lowest BCUT2D eigenvalue weighted by Crippen LogP contribution is -2.59. The Balaban J connectivity index is 0.801. The molecule has 3 saturated heterocycles. The third kappa shape index (κ3) is 8.00. The van der Waals surface area contributed by atoms with Gasteiger partial charge in [0, 0.05) is 88.8 Å². The van der Waals surface area contributed by atoms with Crippen molar-refractivity contribution in [3.05, 3.63) is 116 Å². The smallest absolute Gasteiger partial charge is 0.255 e. The van der Waals surface area contributed by atoms with Crippen LogP contribution in [-0.2, 0) is 26.3 Å². The van der Waals surface area contributed by atoms with Crippen LogP contribution in [0.2, 0.25) is 10.0 Å². The van der Waals surface area contributed by atoms with Crippen LogP contribution in [0.3, 0.4) is 0 Å². The minimum Gasteiger partial charge on any atom is -0.494 e. The van der Waals surface area contributed by atoms with Crippen LogP contribution in [0.15, 0.2) is 72.8 Å². The normalized spacial score (nSPS) is 29.8. The zero-order valence-corrected chi connectivity index (χ0v) is 41.5. The van der Waals surface area contributed by atoms with Crippen LogP contribution >= 0.6 is 23.2 Å². The number of methoxy groups -OCH3 is 1. The van der Waals surface area contributed by atoms with Gasteiger partial charge in [-0.3, -0.25) is 24.5 Å². The Morgan fingerprint density at radius 2 is 1.79 bits per heavy atom. The molecule has 0 bridgehead atoms. The molecule has 7 aliphatic rings. The molecule has 5 heterocycles. The zero-order valence-electron chi connectivity index (χ0n) is 40.0. The second-order valence-electron chi connectivity index (χ2n) is 22.0. The van der Waals surface area contributed by atoms with Gasteiger partial charge in [0.2, 0.25) is 17.7 Å². The number of nitrogens with one attached hydrogen (secondary N) is 4.